The molecule has 0 saturated carbocycles. The lowest BCUT2D eigenvalue weighted by Crippen LogP contribution is -2.35. The second-order valence-corrected chi connectivity index (χ2v) is 8.04. The predicted molar refractivity (Wildman–Crippen MR) is 118 cm³/mol. The second kappa shape index (κ2) is 9.11. The Morgan fingerprint density at radius 1 is 1.11 bits per heavy atom. The molecule has 0 radical (unpaired) electrons. The van der Waals surface area contributed by atoms with Crippen molar-refractivity contribution < 1.29 is 9.53 Å². The van der Waals surface area contributed by atoms with Gasteiger partial charge in [0.15, 0.2) is 5.17 Å². The molecule has 1 fully saturated rings. The lowest BCUT2D eigenvalue weighted by Gasteiger charge is -2.19. The standard InChI is InChI=1S/C23H26N2O2S/c1-5-14-27-20-12-8-18(9-13-20)15-21-22(26)25(16(2)3)23(28-21)24-19-10-6-17(4)7-11-19/h6-13,15-16H,5,14H2,1-4H3/b21-15+,24-23?. The summed E-state index contributed by atoms with van der Waals surface area (Å²) in [7, 11) is 0. The molecular formula is C23H26N2O2S. The van der Waals surface area contributed by atoms with Crippen LogP contribution >= 0.6 is 11.8 Å². The van der Waals surface area contributed by atoms with Crippen LogP contribution in [0.4, 0.5) is 5.69 Å². The van der Waals surface area contributed by atoms with Crippen LogP contribution in [0.5, 0.6) is 5.75 Å². The highest BCUT2D eigenvalue weighted by Crippen LogP contribution is 2.35. The Morgan fingerprint density at radius 3 is 2.39 bits per heavy atom. The van der Waals surface area contributed by atoms with Gasteiger partial charge in [0.25, 0.3) is 5.91 Å². The smallest absolute Gasteiger partial charge is 0.266 e. The highest BCUT2D eigenvalue weighted by atomic mass is 32.2. The molecule has 0 unspecified atom stereocenters. The molecule has 2 aromatic rings. The average molecular weight is 395 g/mol. The molecule has 1 saturated heterocycles. The molecule has 2 aromatic carbocycles. The average Bonchev–Trinajstić information content (AvgIpc) is 2.98. The molecule has 1 aliphatic rings. The molecule has 28 heavy (non-hydrogen) atoms. The zero-order chi connectivity index (χ0) is 20.1. The number of aryl methyl sites for hydroxylation is 1. The van der Waals surface area contributed by atoms with Crippen molar-refractivity contribution in [3.8, 4) is 5.75 Å². The minimum atomic E-state index is -0.00262. The van der Waals surface area contributed by atoms with E-state index in [0.29, 0.717) is 11.5 Å². The quantitative estimate of drug-likeness (QED) is 0.582. The molecule has 0 atom stereocenters. The summed E-state index contributed by atoms with van der Waals surface area (Å²) in [6, 6.07) is 15.9. The van der Waals surface area contributed by atoms with Crippen molar-refractivity contribution in [1.82, 2.24) is 4.90 Å². The topological polar surface area (TPSA) is 41.9 Å². The summed E-state index contributed by atoms with van der Waals surface area (Å²) in [5.74, 6) is 0.844. The van der Waals surface area contributed by atoms with Crippen LogP contribution in [-0.4, -0.2) is 28.6 Å². The Bertz CT molecular complexity index is 884. The Hall–Kier alpha value is -2.53. The maximum Gasteiger partial charge on any atom is 0.266 e. The summed E-state index contributed by atoms with van der Waals surface area (Å²) < 4.78 is 5.62. The van der Waals surface area contributed by atoms with Gasteiger partial charge in [-0.15, -0.1) is 0 Å². The normalized spacial score (nSPS) is 17.2. The van der Waals surface area contributed by atoms with E-state index in [2.05, 4.69) is 6.92 Å². The third-order valence-corrected chi connectivity index (χ3v) is 5.25. The number of carbonyl (C=O) groups excluding carboxylic acids is 1. The van der Waals surface area contributed by atoms with Crippen molar-refractivity contribution >= 4 is 34.6 Å². The van der Waals surface area contributed by atoms with E-state index in [1.165, 1.54) is 17.3 Å². The molecular weight excluding hydrogens is 368 g/mol. The maximum absolute atomic E-state index is 12.9. The summed E-state index contributed by atoms with van der Waals surface area (Å²) >= 11 is 1.42. The predicted octanol–water partition coefficient (Wildman–Crippen LogP) is 5.80. The molecule has 4 nitrogen and oxygen atoms in total. The molecule has 3 rings (SSSR count). The molecule has 5 heteroatoms. The fourth-order valence-corrected chi connectivity index (χ4v) is 3.90. The summed E-state index contributed by atoms with van der Waals surface area (Å²) in [6.07, 6.45) is 2.90. The molecule has 0 bridgehead atoms. The van der Waals surface area contributed by atoms with Gasteiger partial charge in [-0.2, -0.15) is 0 Å². The van der Waals surface area contributed by atoms with E-state index in [0.717, 1.165) is 28.6 Å². The van der Waals surface area contributed by atoms with E-state index >= 15 is 0 Å². The van der Waals surface area contributed by atoms with Crippen molar-refractivity contribution in [3.63, 3.8) is 0 Å². The van der Waals surface area contributed by atoms with Crippen LogP contribution in [0.25, 0.3) is 6.08 Å². The Kier molecular flexibility index (Phi) is 6.57. The van der Waals surface area contributed by atoms with Gasteiger partial charge in [0.1, 0.15) is 5.75 Å². The van der Waals surface area contributed by atoms with Gasteiger partial charge in [-0.1, -0.05) is 36.8 Å². The molecule has 0 N–H and O–H groups in total. The maximum atomic E-state index is 12.9. The summed E-state index contributed by atoms with van der Waals surface area (Å²) in [6.45, 7) is 8.84. The van der Waals surface area contributed by atoms with Crippen LogP contribution in [-0.2, 0) is 4.79 Å². The first-order valence-corrected chi connectivity index (χ1v) is 10.4. The minimum absolute atomic E-state index is 0.00262. The van der Waals surface area contributed by atoms with Gasteiger partial charge in [0.05, 0.1) is 17.2 Å². The van der Waals surface area contributed by atoms with E-state index in [4.69, 9.17) is 9.73 Å². The highest BCUT2D eigenvalue weighted by molar-refractivity contribution is 8.18. The van der Waals surface area contributed by atoms with Crippen molar-refractivity contribution in [2.24, 2.45) is 4.99 Å². The van der Waals surface area contributed by atoms with Crippen LogP contribution in [0.1, 0.15) is 38.3 Å². The van der Waals surface area contributed by atoms with Crippen molar-refractivity contribution in [1.29, 1.82) is 0 Å². The number of nitrogens with zero attached hydrogens (tertiary/aromatic N) is 2. The van der Waals surface area contributed by atoms with E-state index in [-0.39, 0.29) is 11.9 Å². The van der Waals surface area contributed by atoms with Crippen LogP contribution in [0.3, 0.4) is 0 Å². The van der Waals surface area contributed by atoms with Gasteiger partial charge in [-0.05, 0) is 74.9 Å². The van der Waals surface area contributed by atoms with Crippen LogP contribution in [0, 0.1) is 6.92 Å². The number of carbonyl (C=O) groups is 1. The van der Waals surface area contributed by atoms with Gasteiger partial charge in [0, 0.05) is 6.04 Å². The third kappa shape index (κ3) is 4.84. The Labute approximate surface area is 171 Å². The molecule has 1 amide bonds. The molecule has 0 aliphatic carbocycles. The fourth-order valence-electron chi connectivity index (χ4n) is 2.78. The number of amidine groups is 1. The van der Waals surface area contributed by atoms with Crippen molar-refractivity contribution in [2.75, 3.05) is 6.61 Å². The molecule has 1 aliphatic heterocycles. The molecule has 146 valence electrons. The van der Waals surface area contributed by atoms with E-state index in [9.17, 15) is 4.79 Å². The Morgan fingerprint density at radius 2 is 1.79 bits per heavy atom. The molecule has 1 heterocycles. The molecule has 0 spiro atoms. The number of ether oxygens (including phenoxy) is 1. The summed E-state index contributed by atoms with van der Waals surface area (Å²) in [4.78, 5) is 20.1. The number of amides is 1. The monoisotopic (exact) mass is 394 g/mol. The first-order chi connectivity index (χ1) is 13.5. The number of benzene rings is 2. The van der Waals surface area contributed by atoms with Crippen molar-refractivity contribution in [2.45, 2.75) is 40.2 Å². The zero-order valence-electron chi connectivity index (χ0n) is 16.8. The van der Waals surface area contributed by atoms with Gasteiger partial charge < -0.3 is 4.74 Å². The van der Waals surface area contributed by atoms with Gasteiger partial charge in [-0.25, -0.2) is 4.99 Å². The minimum Gasteiger partial charge on any atom is -0.494 e. The summed E-state index contributed by atoms with van der Waals surface area (Å²) in [5.41, 5.74) is 3.01. The SMILES string of the molecule is CCCOc1ccc(/C=C2/SC(=Nc3ccc(C)cc3)N(C(C)C)C2=O)cc1. The van der Waals surface area contributed by atoms with Crippen LogP contribution in [0.15, 0.2) is 58.4 Å². The highest BCUT2D eigenvalue weighted by Gasteiger charge is 2.35. The number of hydrogen-bond donors (Lipinski definition) is 0. The summed E-state index contributed by atoms with van der Waals surface area (Å²) in [5, 5.41) is 0.720. The lowest BCUT2D eigenvalue weighted by atomic mass is 10.2. The van der Waals surface area contributed by atoms with Crippen LogP contribution in [0.2, 0.25) is 0 Å². The molecule has 0 aromatic heterocycles. The van der Waals surface area contributed by atoms with Crippen LogP contribution < -0.4 is 4.74 Å². The Balaban J connectivity index is 1.85. The first kappa shape index (κ1) is 20.2. The fraction of sp³-hybridized carbons (Fsp3) is 0.304. The third-order valence-electron chi connectivity index (χ3n) is 4.26. The zero-order valence-corrected chi connectivity index (χ0v) is 17.6. The largest absolute Gasteiger partial charge is 0.494 e. The number of thioether (sulfide) groups is 1. The van der Waals surface area contributed by atoms with E-state index in [1.807, 2.05) is 75.4 Å². The number of aliphatic imine (C=N–C) groups is 1. The van der Waals surface area contributed by atoms with Gasteiger partial charge in [0.2, 0.25) is 0 Å². The van der Waals surface area contributed by atoms with Gasteiger partial charge >= 0.3 is 0 Å². The number of hydrogen-bond acceptors (Lipinski definition) is 4. The van der Waals surface area contributed by atoms with Crippen molar-refractivity contribution in [3.05, 3.63) is 64.6 Å². The van der Waals surface area contributed by atoms with E-state index < -0.39 is 0 Å². The van der Waals surface area contributed by atoms with E-state index in [1.54, 1.807) is 4.90 Å². The van der Waals surface area contributed by atoms with Gasteiger partial charge in [-0.3, -0.25) is 9.69 Å². The number of rotatable bonds is 6. The second-order valence-electron chi connectivity index (χ2n) is 7.03. The lowest BCUT2D eigenvalue weighted by molar-refractivity contribution is -0.123. The first-order valence-electron chi connectivity index (χ1n) is 9.59.